The van der Waals surface area contributed by atoms with Crippen molar-refractivity contribution in [3.63, 3.8) is 0 Å². The summed E-state index contributed by atoms with van der Waals surface area (Å²) in [5.74, 6) is 0.665. The molecular weight excluding hydrogens is 258 g/mol. The minimum atomic E-state index is 0.0336. The highest BCUT2D eigenvalue weighted by Gasteiger charge is 2.15. The molecule has 1 atom stereocenters. The molecule has 0 aliphatic rings. The number of hydrogen-bond acceptors (Lipinski definition) is 3. The molecule has 15 heavy (non-hydrogen) atoms. The van der Waals surface area contributed by atoms with E-state index in [1.807, 2.05) is 13.8 Å². The van der Waals surface area contributed by atoms with Crippen LogP contribution >= 0.6 is 15.9 Å². The fraction of sp³-hybridized carbons (Fsp3) is 0.455. The minimum absolute atomic E-state index is 0.0336. The van der Waals surface area contributed by atoms with Gasteiger partial charge in [-0.3, -0.25) is 0 Å². The summed E-state index contributed by atoms with van der Waals surface area (Å²) >= 11 is 3.39. The second-order valence-corrected chi connectivity index (χ2v) is 4.55. The molecule has 0 bridgehead atoms. The molecule has 0 heterocycles. The molecule has 84 valence electrons. The third kappa shape index (κ3) is 2.63. The zero-order valence-electron chi connectivity index (χ0n) is 9.17. The van der Waals surface area contributed by atoms with Crippen molar-refractivity contribution in [3.8, 4) is 11.5 Å². The maximum Gasteiger partial charge on any atom is 0.164 e. The number of benzene rings is 1. The Bertz CT molecular complexity index is 364. The Morgan fingerprint density at radius 1 is 1.60 bits per heavy atom. The van der Waals surface area contributed by atoms with Crippen molar-refractivity contribution >= 4 is 15.9 Å². The first-order chi connectivity index (χ1) is 6.97. The molecule has 0 aliphatic heterocycles. The van der Waals surface area contributed by atoms with Gasteiger partial charge >= 0.3 is 0 Å². The highest BCUT2D eigenvalue weighted by molar-refractivity contribution is 9.10. The van der Waals surface area contributed by atoms with Crippen molar-refractivity contribution in [2.24, 2.45) is 5.73 Å². The summed E-state index contributed by atoms with van der Waals surface area (Å²) in [4.78, 5) is 0. The fourth-order valence-corrected chi connectivity index (χ4v) is 2.01. The van der Waals surface area contributed by atoms with E-state index < -0.39 is 0 Å². The molecule has 1 aromatic rings. The highest BCUT2D eigenvalue weighted by Crippen LogP contribution is 2.37. The number of phenolic OH excluding ortho intramolecular Hbond substituents is 1. The van der Waals surface area contributed by atoms with Gasteiger partial charge in [-0.2, -0.15) is 0 Å². The zero-order valence-corrected chi connectivity index (χ0v) is 10.8. The van der Waals surface area contributed by atoms with E-state index >= 15 is 0 Å². The van der Waals surface area contributed by atoms with E-state index in [1.165, 1.54) is 0 Å². The van der Waals surface area contributed by atoms with Crippen molar-refractivity contribution in [1.82, 2.24) is 0 Å². The van der Waals surface area contributed by atoms with Gasteiger partial charge in [-0.15, -0.1) is 0 Å². The van der Waals surface area contributed by atoms with Crippen molar-refractivity contribution < 1.29 is 9.84 Å². The summed E-state index contributed by atoms with van der Waals surface area (Å²) in [6.45, 7) is 3.90. The summed E-state index contributed by atoms with van der Waals surface area (Å²) in [5, 5.41) is 9.71. The van der Waals surface area contributed by atoms with Crippen LogP contribution in [0.3, 0.4) is 0 Å². The number of nitrogens with two attached hydrogens (primary N) is 1. The standard InChI is InChI=1S/C11H16BrNO2/c1-6(13)4-8-7(2)9(12)5-10(14)11(8)15-3/h5-6,14H,4,13H2,1-3H3. The Labute approximate surface area is 98.4 Å². The van der Waals surface area contributed by atoms with Crippen LogP contribution in [0.5, 0.6) is 11.5 Å². The molecule has 0 amide bonds. The van der Waals surface area contributed by atoms with Crippen LogP contribution in [0.4, 0.5) is 0 Å². The highest BCUT2D eigenvalue weighted by atomic mass is 79.9. The number of hydrogen-bond donors (Lipinski definition) is 2. The van der Waals surface area contributed by atoms with E-state index in [2.05, 4.69) is 15.9 Å². The van der Waals surface area contributed by atoms with Crippen molar-refractivity contribution in [2.45, 2.75) is 26.3 Å². The summed E-state index contributed by atoms with van der Waals surface area (Å²) in [6, 6.07) is 1.67. The maximum atomic E-state index is 9.71. The average Bonchev–Trinajstić information content (AvgIpc) is 2.13. The monoisotopic (exact) mass is 273 g/mol. The molecule has 0 radical (unpaired) electrons. The van der Waals surface area contributed by atoms with Crippen LogP contribution in [0, 0.1) is 6.92 Å². The largest absolute Gasteiger partial charge is 0.504 e. The molecule has 0 saturated heterocycles. The molecule has 0 aromatic heterocycles. The van der Waals surface area contributed by atoms with Gasteiger partial charge in [-0.1, -0.05) is 15.9 Å². The predicted molar refractivity (Wildman–Crippen MR) is 64.4 cm³/mol. The third-order valence-corrected chi connectivity index (χ3v) is 3.13. The number of phenols is 1. The first-order valence-electron chi connectivity index (χ1n) is 4.77. The van der Waals surface area contributed by atoms with Crippen LogP contribution < -0.4 is 10.5 Å². The quantitative estimate of drug-likeness (QED) is 0.889. The normalized spacial score (nSPS) is 12.6. The third-order valence-electron chi connectivity index (χ3n) is 2.31. The van der Waals surface area contributed by atoms with E-state index in [0.29, 0.717) is 12.2 Å². The van der Waals surface area contributed by atoms with Gasteiger partial charge in [0.2, 0.25) is 0 Å². The molecule has 3 nitrogen and oxygen atoms in total. The molecular formula is C11H16BrNO2. The predicted octanol–water partition coefficient (Wildman–Crippen LogP) is 2.36. The topological polar surface area (TPSA) is 55.5 Å². The van der Waals surface area contributed by atoms with E-state index in [-0.39, 0.29) is 11.8 Å². The minimum Gasteiger partial charge on any atom is -0.504 e. The number of rotatable bonds is 3. The molecule has 0 fully saturated rings. The van der Waals surface area contributed by atoms with E-state index in [0.717, 1.165) is 15.6 Å². The Hall–Kier alpha value is -0.740. The Morgan fingerprint density at radius 3 is 2.67 bits per heavy atom. The smallest absolute Gasteiger partial charge is 0.164 e. The van der Waals surface area contributed by atoms with E-state index in [9.17, 15) is 5.11 Å². The van der Waals surface area contributed by atoms with E-state index in [4.69, 9.17) is 10.5 Å². The van der Waals surface area contributed by atoms with Crippen molar-refractivity contribution in [3.05, 3.63) is 21.7 Å². The van der Waals surface area contributed by atoms with Gasteiger partial charge in [-0.05, 0) is 31.9 Å². The first-order valence-corrected chi connectivity index (χ1v) is 5.57. The molecule has 3 N–H and O–H groups in total. The van der Waals surface area contributed by atoms with Gasteiger partial charge in [0.05, 0.1) is 7.11 Å². The van der Waals surface area contributed by atoms with Crippen molar-refractivity contribution in [2.75, 3.05) is 7.11 Å². The molecule has 4 heteroatoms. The molecule has 1 aromatic carbocycles. The number of ether oxygens (including phenoxy) is 1. The van der Waals surface area contributed by atoms with Gasteiger partial charge in [0.15, 0.2) is 11.5 Å². The summed E-state index contributed by atoms with van der Waals surface area (Å²) in [6.07, 6.45) is 0.683. The van der Waals surface area contributed by atoms with Gasteiger partial charge in [-0.25, -0.2) is 0 Å². The van der Waals surface area contributed by atoms with Crippen LogP contribution in [0.1, 0.15) is 18.1 Å². The summed E-state index contributed by atoms with van der Waals surface area (Å²) in [7, 11) is 1.55. The molecule has 0 spiro atoms. The molecule has 0 aliphatic carbocycles. The Balaban J connectivity index is 3.30. The summed E-state index contributed by atoms with van der Waals surface area (Å²) in [5.41, 5.74) is 7.78. The fourth-order valence-electron chi connectivity index (χ4n) is 1.56. The van der Waals surface area contributed by atoms with E-state index in [1.54, 1.807) is 13.2 Å². The molecule has 0 saturated carbocycles. The Kier molecular flexibility index (Phi) is 3.99. The second kappa shape index (κ2) is 4.86. The second-order valence-electron chi connectivity index (χ2n) is 3.70. The summed E-state index contributed by atoms with van der Waals surface area (Å²) < 4.78 is 6.06. The number of halogens is 1. The first kappa shape index (κ1) is 12.3. The number of aromatic hydroxyl groups is 1. The van der Waals surface area contributed by atoms with Crippen LogP contribution in [0.2, 0.25) is 0 Å². The lowest BCUT2D eigenvalue weighted by Crippen LogP contribution is -2.19. The maximum absolute atomic E-state index is 9.71. The zero-order chi connectivity index (χ0) is 11.6. The van der Waals surface area contributed by atoms with Gasteiger partial charge in [0.1, 0.15) is 0 Å². The van der Waals surface area contributed by atoms with Crippen molar-refractivity contribution in [1.29, 1.82) is 0 Å². The lowest BCUT2D eigenvalue weighted by Gasteiger charge is -2.16. The van der Waals surface area contributed by atoms with Gasteiger partial charge < -0.3 is 15.6 Å². The average molecular weight is 274 g/mol. The van der Waals surface area contributed by atoms with Crippen LogP contribution in [-0.4, -0.2) is 18.3 Å². The SMILES string of the molecule is COc1c(O)cc(Br)c(C)c1CC(C)N. The van der Waals surface area contributed by atoms with Crippen LogP contribution in [0.15, 0.2) is 10.5 Å². The Morgan fingerprint density at radius 2 is 2.20 bits per heavy atom. The van der Waals surface area contributed by atoms with Crippen LogP contribution in [0.25, 0.3) is 0 Å². The lowest BCUT2D eigenvalue weighted by molar-refractivity contribution is 0.367. The molecule has 1 unspecified atom stereocenters. The number of methoxy groups -OCH3 is 1. The van der Waals surface area contributed by atoms with Gasteiger partial charge in [0.25, 0.3) is 0 Å². The lowest BCUT2D eigenvalue weighted by atomic mass is 10.0. The van der Waals surface area contributed by atoms with Crippen LogP contribution in [-0.2, 0) is 6.42 Å². The molecule has 1 rings (SSSR count). The van der Waals surface area contributed by atoms with Gasteiger partial charge in [0, 0.05) is 16.1 Å².